The fraction of sp³-hybridized carbons (Fsp3) is 0.900. The standard InChI is InChI=1S/C10H17NO/c1-10(2,8-5-6-8)11-9(12)7-3-4-7/h7-8H,3-6H2,1-2H3,(H,11,12). The summed E-state index contributed by atoms with van der Waals surface area (Å²) in [6.07, 6.45) is 4.79. The summed E-state index contributed by atoms with van der Waals surface area (Å²) < 4.78 is 0. The van der Waals surface area contributed by atoms with Gasteiger partial charge in [0, 0.05) is 11.5 Å². The zero-order valence-corrected chi connectivity index (χ0v) is 7.89. The first-order valence-electron chi connectivity index (χ1n) is 4.91. The average molecular weight is 167 g/mol. The largest absolute Gasteiger partial charge is 0.351 e. The molecule has 2 saturated carbocycles. The number of carbonyl (C=O) groups is 1. The molecule has 2 heteroatoms. The molecule has 0 spiro atoms. The molecule has 2 aliphatic carbocycles. The van der Waals surface area contributed by atoms with E-state index in [1.807, 2.05) is 0 Å². The lowest BCUT2D eigenvalue weighted by atomic mass is 9.98. The second-order valence-electron chi connectivity index (χ2n) is 4.76. The molecule has 0 aliphatic heterocycles. The van der Waals surface area contributed by atoms with Crippen LogP contribution >= 0.6 is 0 Å². The topological polar surface area (TPSA) is 29.1 Å². The molecule has 2 aliphatic rings. The minimum atomic E-state index is 0.0552. The number of carbonyl (C=O) groups excluding carboxylic acids is 1. The molecule has 0 unspecified atom stereocenters. The summed E-state index contributed by atoms with van der Waals surface area (Å²) in [6.45, 7) is 4.29. The second kappa shape index (κ2) is 2.48. The summed E-state index contributed by atoms with van der Waals surface area (Å²) in [5.41, 5.74) is 0.0552. The van der Waals surface area contributed by atoms with E-state index in [2.05, 4.69) is 19.2 Å². The lowest BCUT2D eigenvalue weighted by Crippen LogP contribution is -2.45. The Morgan fingerprint density at radius 3 is 2.25 bits per heavy atom. The molecule has 1 N–H and O–H groups in total. The highest BCUT2D eigenvalue weighted by molar-refractivity contribution is 5.81. The summed E-state index contributed by atoms with van der Waals surface area (Å²) in [6, 6.07) is 0. The van der Waals surface area contributed by atoms with E-state index in [1.54, 1.807) is 0 Å². The Hall–Kier alpha value is -0.530. The normalized spacial score (nSPS) is 23.8. The van der Waals surface area contributed by atoms with Crippen LogP contribution in [0.25, 0.3) is 0 Å². The van der Waals surface area contributed by atoms with Crippen molar-refractivity contribution in [3.8, 4) is 0 Å². The predicted molar refractivity (Wildman–Crippen MR) is 47.7 cm³/mol. The Labute approximate surface area is 73.7 Å². The van der Waals surface area contributed by atoms with E-state index in [1.165, 1.54) is 12.8 Å². The molecule has 1 amide bonds. The van der Waals surface area contributed by atoms with Gasteiger partial charge in [-0.1, -0.05) is 0 Å². The molecule has 0 atom stereocenters. The van der Waals surface area contributed by atoms with Gasteiger partial charge in [-0.25, -0.2) is 0 Å². The molecule has 2 rings (SSSR count). The van der Waals surface area contributed by atoms with Crippen molar-refractivity contribution in [2.75, 3.05) is 0 Å². The molecule has 0 aromatic carbocycles. The van der Waals surface area contributed by atoms with Crippen LogP contribution in [0.1, 0.15) is 39.5 Å². The molecule has 2 fully saturated rings. The Morgan fingerprint density at radius 1 is 1.25 bits per heavy atom. The molecule has 2 nitrogen and oxygen atoms in total. The van der Waals surface area contributed by atoms with Crippen LogP contribution in [0.2, 0.25) is 0 Å². The SMILES string of the molecule is CC(C)(NC(=O)C1CC1)C1CC1. The third kappa shape index (κ3) is 1.62. The zero-order valence-electron chi connectivity index (χ0n) is 7.89. The van der Waals surface area contributed by atoms with E-state index < -0.39 is 0 Å². The van der Waals surface area contributed by atoms with Crippen LogP contribution in [0.15, 0.2) is 0 Å². The molecule has 0 heterocycles. The van der Waals surface area contributed by atoms with Crippen LogP contribution in [0, 0.1) is 11.8 Å². The van der Waals surface area contributed by atoms with Crippen molar-refractivity contribution in [1.82, 2.24) is 5.32 Å². The quantitative estimate of drug-likeness (QED) is 0.681. The molecule has 68 valence electrons. The summed E-state index contributed by atoms with van der Waals surface area (Å²) in [5.74, 6) is 1.37. The van der Waals surface area contributed by atoms with Crippen LogP contribution in [-0.4, -0.2) is 11.4 Å². The van der Waals surface area contributed by atoms with Crippen LogP contribution in [0.4, 0.5) is 0 Å². The van der Waals surface area contributed by atoms with Crippen molar-refractivity contribution in [1.29, 1.82) is 0 Å². The van der Waals surface area contributed by atoms with E-state index in [0.29, 0.717) is 5.92 Å². The lowest BCUT2D eigenvalue weighted by molar-refractivity contribution is -0.124. The van der Waals surface area contributed by atoms with Crippen molar-refractivity contribution in [2.24, 2.45) is 11.8 Å². The monoisotopic (exact) mass is 167 g/mol. The van der Waals surface area contributed by atoms with E-state index in [4.69, 9.17) is 0 Å². The number of rotatable bonds is 3. The zero-order chi connectivity index (χ0) is 8.77. The molecule has 0 aromatic rings. The van der Waals surface area contributed by atoms with Gasteiger partial charge in [-0.05, 0) is 45.4 Å². The summed E-state index contributed by atoms with van der Waals surface area (Å²) in [7, 11) is 0. The van der Waals surface area contributed by atoms with Gasteiger partial charge in [0.1, 0.15) is 0 Å². The van der Waals surface area contributed by atoms with E-state index in [-0.39, 0.29) is 11.4 Å². The molecule has 0 bridgehead atoms. The van der Waals surface area contributed by atoms with E-state index >= 15 is 0 Å². The fourth-order valence-electron chi connectivity index (χ4n) is 1.67. The first-order valence-corrected chi connectivity index (χ1v) is 4.91. The number of hydrogen-bond acceptors (Lipinski definition) is 1. The average Bonchev–Trinajstić information content (AvgIpc) is 2.83. The van der Waals surface area contributed by atoms with Gasteiger partial charge in [-0.2, -0.15) is 0 Å². The van der Waals surface area contributed by atoms with Gasteiger partial charge < -0.3 is 5.32 Å². The van der Waals surface area contributed by atoms with Crippen LogP contribution < -0.4 is 5.32 Å². The van der Waals surface area contributed by atoms with Gasteiger partial charge in [-0.3, -0.25) is 4.79 Å². The highest BCUT2D eigenvalue weighted by Crippen LogP contribution is 2.40. The first kappa shape index (κ1) is 8.09. The minimum Gasteiger partial charge on any atom is -0.351 e. The van der Waals surface area contributed by atoms with Gasteiger partial charge in [0.05, 0.1) is 0 Å². The molecule has 12 heavy (non-hydrogen) atoms. The van der Waals surface area contributed by atoms with Gasteiger partial charge in [0.25, 0.3) is 0 Å². The van der Waals surface area contributed by atoms with E-state index in [9.17, 15) is 4.79 Å². The molecular formula is C10H17NO. The summed E-state index contributed by atoms with van der Waals surface area (Å²) in [5, 5.41) is 3.14. The van der Waals surface area contributed by atoms with Crippen LogP contribution in [0.5, 0.6) is 0 Å². The van der Waals surface area contributed by atoms with Gasteiger partial charge >= 0.3 is 0 Å². The third-order valence-corrected chi connectivity index (χ3v) is 2.99. The van der Waals surface area contributed by atoms with Gasteiger partial charge in [0.2, 0.25) is 5.91 Å². The summed E-state index contributed by atoms with van der Waals surface area (Å²) in [4.78, 5) is 11.4. The molecule has 0 aromatic heterocycles. The molecule has 0 radical (unpaired) electrons. The number of amides is 1. The van der Waals surface area contributed by atoms with Crippen molar-refractivity contribution in [3.63, 3.8) is 0 Å². The Kier molecular flexibility index (Phi) is 1.67. The highest BCUT2D eigenvalue weighted by Gasteiger charge is 2.41. The van der Waals surface area contributed by atoms with E-state index in [0.717, 1.165) is 18.8 Å². The lowest BCUT2D eigenvalue weighted by Gasteiger charge is -2.26. The second-order valence-corrected chi connectivity index (χ2v) is 4.76. The van der Waals surface area contributed by atoms with Crippen molar-refractivity contribution >= 4 is 5.91 Å². The number of hydrogen-bond donors (Lipinski definition) is 1. The third-order valence-electron chi connectivity index (χ3n) is 2.99. The first-order chi connectivity index (χ1) is 5.59. The van der Waals surface area contributed by atoms with Crippen molar-refractivity contribution in [2.45, 2.75) is 45.1 Å². The maximum absolute atomic E-state index is 11.4. The van der Waals surface area contributed by atoms with Crippen molar-refractivity contribution in [3.05, 3.63) is 0 Å². The number of nitrogens with one attached hydrogen (secondary N) is 1. The summed E-state index contributed by atoms with van der Waals surface area (Å²) >= 11 is 0. The molecular weight excluding hydrogens is 150 g/mol. The minimum absolute atomic E-state index is 0.0552. The fourth-order valence-corrected chi connectivity index (χ4v) is 1.67. The molecule has 0 saturated heterocycles. The van der Waals surface area contributed by atoms with Gasteiger partial charge in [-0.15, -0.1) is 0 Å². The van der Waals surface area contributed by atoms with Gasteiger partial charge in [0.15, 0.2) is 0 Å². The van der Waals surface area contributed by atoms with Crippen LogP contribution in [0.3, 0.4) is 0 Å². The highest BCUT2D eigenvalue weighted by atomic mass is 16.2. The van der Waals surface area contributed by atoms with Crippen LogP contribution in [-0.2, 0) is 4.79 Å². The smallest absolute Gasteiger partial charge is 0.223 e. The Balaban J connectivity index is 1.86. The predicted octanol–water partition coefficient (Wildman–Crippen LogP) is 1.70. The van der Waals surface area contributed by atoms with Crippen molar-refractivity contribution < 1.29 is 4.79 Å². The Morgan fingerprint density at radius 2 is 1.83 bits per heavy atom. The Bertz CT molecular complexity index is 202. The maximum Gasteiger partial charge on any atom is 0.223 e. The maximum atomic E-state index is 11.4.